The Kier molecular flexibility index (Phi) is 5.88. The molecule has 2 aliphatic rings. The van der Waals surface area contributed by atoms with Crippen LogP contribution in [-0.2, 0) is 20.8 Å². The summed E-state index contributed by atoms with van der Waals surface area (Å²) in [6.07, 6.45) is 3.79. The molecule has 2 fully saturated rings. The molecule has 3 rings (SSSR count). The Hall–Kier alpha value is -1.70. The van der Waals surface area contributed by atoms with Crippen LogP contribution >= 0.6 is 0 Å². The van der Waals surface area contributed by atoms with E-state index in [1.807, 2.05) is 12.1 Å². The first-order valence-electron chi connectivity index (χ1n) is 8.75. The van der Waals surface area contributed by atoms with Crippen molar-refractivity contribution in [3.05, 3.63) is 23.9 Å². The molecule has 2 saturated heterocycles. The molecule has 0 saturated carbocycles. The third kappa shape index (κ3) is 4.11. The first-order chi connectivity index (χ1) is 12.1. The van der Waals surface area contributed by atoms with E-state index in [1.54, 1.807) is 32.3 Å². The minimum absolute atomic E-state index is 0.0198. The van der Waals surface area contributed by atoms with Crippen molar-refractivity contribution in [2.45, 2.75) is 37.6 Å². The van der Waals surface area contributed by atoms with Crippen molar-refractivity contribution in [3.8, 4) is 5.88 Å². The van der Waals surface area contributed by atoms with Gasteiger partial charge in [-0.05, 0) is 18.9 Å². The highest BCUT2D eigenvalue weighted by Gasteiger charge is 2.45. The Balaban J connectivity index is 1.68. The Morgan fingerprint density at radius 1 is 1.48 bits per heavy atom. The summed E-state index contributed by atoms with van der Waals surface area (Å²) in [6.45, 7) is 2.33. The fourth-order valence-corrected chi connectivity index (χ4v) is 3.59. The third-order valence-electron chi connectivity index (χ3n) is 4.92. The number of ether oxygens (including phenoxy) is 3. The van der Waals surface area contributed by atoms with Crippen LogP contribution < -0.4 is 4.74 Å². The van der Waals surface area contributed by atoms with E-state index in [0.29, 0.717) is 11.9 Å². The predicted molar refractivity (Wildman–Crippen MR) is 92.4 cm³/mol. The molecule has 0 aromatic carbocycles. The largest absolute Gasteiger partial charge is 0.481 e. The first-order valence-corrected chi connectivity index (χ1v) is 8.75. The maximum Gasteiger partial charge on any atom is 0.248 e. The van der Waals surface area contributed by atoms with Gasteiger partial charge in [-0.2, -0.15) is 0 Å². The van der Waals surface area contributed by atoms with Gasteiger partial charge >= 0.3 is 0 Å². The number of fused-ring (bicyclic) bond motifs is 1. The molecule has 2 aliphatic heterocycles. The number of amides is 1. The monoisotopic (exact) mass is 349 g/mol. The van der Waals surface area contributed by atoms with E-state index < -0.39 is 0 Å². The number of hydrogen-bond donors (Lipinski definition) is 0. The van der Waals surface area contributed by atoms with E-state index in [1.165, 1.54) is 0 Å². The average Bonchev–Trinajstić information content (AvgIpc) is 2.98. The van der Waals surface area contributed by atoms with Gasteiger partial charge in [0.05, 0.1) is 13.2 Å². The van der Waals surface area contributed by atoms with Crippen LogP contribution in [0.2, 0.25) is 0 Å². The second-order valence-corrected chi connectivity index (χ2v) is 6.78. The molecule has 3 atom stereocenters. The molecule has 0 unspecified atom stereocenters. The molecule has 25 heavy (non-hydrogen) atoms. The van der Waals surface area contributed by atoms with Crippen LogP contribution in [0.5, 0.6) is 5.88 Å². The van der Waals surface area contributed by atoms with Crippen LogP contribution in [0.25, 0.3) is 0 Å². The Labute approximate surface area is 148 Å². The van der Waals surface area contributed by atoms with E-state index in [9.17, 15) is 4.79 Å². The number of carbonyl (C=O) groups excluding carboxylic acids is 1. The van der Waals surface area contributed by atoms with Gasteiger partial charge < -0.3 is 19.1 Å². The maximum absolute atomic E-state index is 11.8. The fraction of sp³-hybridized carbons (Fsp3) is 0.667. The standard InChI is InChI=1S/C18H27N3O4/c1-20(2)16(22)12-25-15-11-21(14-7-5-9-24-17(14)15)10-13-6-4-8-19-18(13)23-3/h4,6,8,14-15,17H,5,7,9-12H2,1-3H3/t14-,15+,17+/m0/s1. The number of nitrogens with zero attached hydrogens (tertiary/aromatic N) is 3. The van der Waals surface area contributed by atoms with E-state index in [-0.39, 0.29) is 24.7 Å². The number of carbonyl (C=O) groups is 1. The third-order valence-corrected chi connectivity index (χ3v) is 4.92. The van der Waals surface area contributed by atoms with Gasteiger partial charge in [-0.15, -0.1) is 0 Å². The average molecular weight is 349 g/mol. The van der Waals surface area contributed by atoms with Gasteiger partial charge in [0.25, 0.3) is 0 Å². The van der Waals surface area contributed by atoms with E-state index >= 15 is 0 Å². The Bertz CT molecular complexity index is 595. The van der Waals surface area contributed by atoms with Crippen LogP contribution in [0.1, 0.15) is 18.4 Å². The summed E-state index contributed by atoms with van der Waals surface area (Å²) >= 11 is 0. The van der Waals surface area contributed by atoms with E-state index in [0.717, 1.165) is 38.1 Å². The number of methoxy groups -OCH3 is 1. The van der Waals surface area contributed by atoms with Crippen molar-refractivity contribution < 1.29 is 19.0 Å². The topological polar surface area (TPSA) is 64.1 Å². The lowest BCUT2D eigenvalue weighted by Gasteiger charge is -2.32. The molecule has 0 spiro atoms. The molecule has 0 radical (unpaired) electrons. The van der Waals surface area contributed by atoms with Gasteiger partial charge in [0.15, 0.2) is 0 Å². The molecule has 7 nitrogen and oxygen atoms in total. The summed E-state index contributed by atoms with van der Waals surface area (Å²) in [5.74, 6) is 0.627. The van der Waals surface area contributed by atoms with Gasteiger partial charge in [0.2, 0.25) is 11.8 Å². The first kappa shape index (κ1) is 18.1. The van der Waals surface area contributed by atoms with Gasteiger partial charge in [0.1, 0.15) is 12.7 Å². The van der Waals surface area contributed by atoms with Gasteiger partial charge in [-0.1, -0.05) is 6.07 Å². The summed E-state index contributed by atoms with van der Waals surface area (Å²) in [6, 6.07) is 4.26. The van der Waals surface area contributed by atoms with Crippen molar-refractivity contribution in [3.63, 3.8) is 0 Å². The molecule has 1 aromatic heterocycles. The highest BCUT2D eigenvalue weighted by Crippen LogP contribution is 2.32. The van der Waals surface area contributed by atoms with E-state index in [4.69, 9.17) is 14.2 Å². The van der Waals surface area contributed by atoms with Crippen LogP contribution in [0, 0.1) is 0 Å². The highest BCUT2D eigenvalue weighted by molar-refractivity contribution is 5.76. The number of rotatable bonds is 6. The predicted octanol–water partition coefficient (Wildman–Crippen LogP) is 0.927. The smallest absolute Gasteiger partial charge is 0.248 e. The molecule has 0 aliphatic carbocycles. The van der Waals surface area contributed by atoms with Crippen LogP contribution in [0.15, 0.2) is 18.3 Å². The minimum Gasteiger partial charge on any atom is -0.481 e. The van der Waals surface area contributed by atoms with Crippen LogP contribution in [-0.4, -0.2) is 79.9 Å². The quantitative estimate of drug-likeness (QED) is 0.761. The summed E-state index contributed by atoms with van der Waals surface area (Å²) in [5, 5.41) is 0. The number of likely N-dealkylation sites (tertiary alicyclic amines) is 1. The molecular formula is C18H27N3O4. The molecule has 1 aromatic rings. The Morgan fingerprint density at radius 3 is 3.08 bits per heavy atom. The Morgan fingerprint density at radius 2 is 2.32 bits per heavy atom. The molecule has 138 valence electrons. The number of pyridine rings is 1. The number of hydrogen-bond acceptors (Lipinski definition) is 6. The summed E-state index contributed by atoms with van der Waals surface area (Å²) < 4.78 is 17.3. The number of likely N-dealkylation sites (N-methyl/N-ethyl adjacent to an activating group) is 1. The molecular weight excluding hydrogens is 322 g/mol. The minimum atomic E-state index is -0.0862. The van der Waals surface area contributed by atoms with Gasteiger partial charge in [-0.3, -0.25) is 9.69 Å². The number of aromatic nitrogens is 1. The van der Waals surface area contributed by atoms with Gasteiger partial charge in [-0.25, -0.2) is 4.98 Å². The SMILES string of the molecule is COc1ncccc1CN1C[C@@H](OCC(=O)N(C)C)[C@@H]2OCCC[C@@H]21. The lowest BCUT2D eigenvalue weighted by Crippen LogP contribution is -2.42. The maximum atomic E-state index is 11.8. The van der Waals surface area contributed by atoms with Crippen molar-refractivity contribution in [2.24, 2.45) is 0 Å². The second-order valence-electron chi connectivity index (χ2n) is 6.78. The van der Waals surface area contributed by atoms with Crippen molar-refractivity contribution in [2.75, 3.05) is 41.0 Å². The zero-order valence-corrected chi connectivity index (χ0v) is 15.2. The van der Waals surface area contributed by atoms with E-state index in [2.05, 4.69) is 9.88 Å². The van der Waals surface area contributed by atoms with Crippen molar-refractivity contribution in [1.82, 2.24) is 14.8 Å². The normalized spacial score (nSPS) is 26.3. The zero-order valence-electron chi connectivity index (χ0n) is 15.2. The lowest BCUT2D eigenvalue weighted by molar-refractivity contribution is -0.139. The molecule has 0 bridgehead atoms. The fourth-order valence-electron chi connectivity index (χ4n) is 3.59. The second kappa shape index (κ2) is 8.12. The van der Waals surface area contributed by atoms with Gasteiger partial charge in [0, 0.05) is 51.6 Å². The molecule has 0 N–H and O–H groups in total. The van der Waals surface area contributed by atoms with Crippen LogP contribution in [0.3, 0.4) is 0 Å². The summed E-state index contributed by atoms with van der Waals surface area (Å²) in [5.41, 5.74) is 1.05. The zero-order chi connectivity index (χ0) is 17.8. The summed E-state index contributed by atoms with van der Waals surface area (Å²) in [7, 11) is 5.11. The van der Waals surface area contributed by atoms with Crippen molar-refractivity contribution >= 4 is 5.91 Å². The summed E-state index contributed by atoms with van der Waals surface area (Å²) in [4.78, 5) is 20.0. The van der Waals surface area contributed by atoms with Crippen LogP contribution in [0.4, 0.5) is 0 Å². The molecule has 3 heterocycles. The van der Waals surface area contributed by atoms with Crippen molar-refractivity contribution in [1.29, 1.82) is 0 Å². The lowest BCUT2D eigenvalue weighted by atomic mass is 10.0. The molecule has 1 amide bonds. The highest BCUT2D eigenvalue weighted by atomic mass is 16.5. The molecule has 7 heteroatoms.